The number of hydrogen-bond acceptors (Lipinski definition) is 4. The van der Waals surface area contributed by atoms with Crippen LogP contribution in [0.5, 0.6) is 11.6 Å². The van der Waals surface area contributed by atoms with Gasteiger partial charge in [0, 0.05) is 23.3 Å². The summed E-state index contributed by atoms with van der Waals surface area (Å²) in [5.41, 5.74) is 0.964. The molecule has 0 aromatic carbocycles. The Labute approximate surface area is 127 Å². The second kappa shape index (κ2) is 7.36. The van der Waals surface area contributed by atoms with Crippen molar-refractivity contribution >= 4 is 15.9 Å². The molecule has 0 bridgehead atoms. The van der Waals surface area contributed by atoms with Crippen LogP contribution in [0.15, 0.2) is 41.1 Å². The second-order valence-electron chi connectivity index (χ2n) is 4.93. The molecular formula is C15H18BrN3O. The Morgan fingerprint density at radius 3 is 2.90 bits per heavy atom. The maximum Gasteiger partial charge on any atom is 0.219 e. The van der Waals surface area contributed by atoms with Gasteiger partial charge < -0.3 is 10.1 Å². The number of nitrogens with one attached hydrogen (secondary N) is 1. The maximum absolute atomic E-state index is 5.70. The Hall–Kier alpha value is -1.46. The zero-order valence-corrected chi connectivity index (χ0v) is 13.2. The summed E-state index contributed by atoms with van der Waals surface area (Å²) in [7, 11) is 0. The molecule has 20 heavy (non-hydrogen) atoms. The van der Waals surface area contributed by atoms with E-state index in [-0.39, 0.29) is 0 Å². The van der Waals surface area contributed by atoms with Crippen LogP contribution in [0, 0.1) is 5.92 Å². The summed E-state index contributed by atoms with van der Waals surface area (Å²) < 4.78 is 6.58. The highest BCUT2D eigenvalue weighted by atomic mass is 79.9. The average Bonchev–Trinajstić information content (AvgIpc) is 2.39. The zero-order valence-electron chi connectivity index (χ0n) is 11.6. The van der Waals surface area contributed by atoms with Crippen molar-refractivity contribution in [2.45, 2.75) is 20.4 Å². The fourth-order valence-corrected chi connectivity index (χ4v) is 2.01. The third kappa shape index (κ3) is 4.90. The molecule has 0 saturated heterocycles. The molecule has 0 spiro atoms. The molecule has 1 N–H and O–H groups in total. The standard InChI is InChI=1S/C15H18BrN3O/c1-11(2)7-17-9-13-4-3-5-15(19-13)20-14-6-12(16)8-18-10-14/h3-6,8,10-11,17H,7,9H2,1-2H3. The van der Waals surface area contributed by atoms with Crippen molar-refractivity contribution in [1.29, 1.82) is 0 Å². The average molecular weight is 336 g/mol. The molecular weight excluding hydrogens is 318 g/mol. The van der Waals surface area contributed by atoms with Crippen molar-refractivity contribution in [3.63, 3.8) is 0 Å². The Morgan fingerprint density at radius 1 is 1.30 bits per heavy atom. The number of ether oxygens (including phenoxy) is 1. The summed E-state index contributed by atoms with van der Waals surface area (Å²) >= 11 is 3.36. The highest BCUT2D eigenvalue weighted by molar-refractivity contribution is 9.10. The van der Waals surface area contributed by atoms with Gasteiger partial charge in [0.05, 0.1) is 11.9 Å². The predicted octanol–water partition coefficient (Wildman–Crippen LogP) is 3.78. The van der Waals surface area contributed by atoms with E-state index < -0.39 is 0 Å². The van der Waals surface area contributed by atoms with Crippen LogP contribution in [0.25, 0.3) is 0 Å². The summed E-state index contributed by atoms with van der Waals surface area (Å²) in [6.07, 6.45) is 3.38. The Balaban J connectivity index is 1.99. The fourth-order valence-electron chi connectivity index (χ4n) is 1.67. The van der Waals surface area contributed by atoms with Crippen LogP contribution < -0.4 is 10.1 Å². The van der Waals surface area contributed by atoms with E-state index in [1.165, 1.54) is 0 Å². The molecule has 4 nitrogen and oxygen atoms in total. The molecule has 2 heterocycles. The van der Waals surface area contributed by atoms with Crippen molar-refractivity contribution in [3.8, 4) is 11.6 Å². The van der Waals surface area contributed by atoms with Crippen molar-refractivity contribution in [2.24, 2.45) is 5.92 Å². The van der Waals surface area contributed by atoms with Gasteiger partial charge in [-0.1, -0.05) is 19.9 Å². The molecule has 2 rings (SSSR count). The Morgan fingerprint density at radius 2 is 2.15 bits per heavy atom. The minimum Gasteiger partial charge on any atom is -0.437 e. The minimum atomic E-state index is 0.578. The molecule has 0 atom stereocenters. The van der Waals surface area contributed by atoms with Gasteiger partial charge in [-0.3, -0.25) is 4.98 Å². The lowest BCUT2D eigenvalue weighted by atomic mass is 10.2. The van der Waals surface area contributed by atoms with Gasteiger partial charge in [-0.2, -0.15) is 0 Å². The third-order valence-electron chi connectivity index (χ3n) is 2.54. The molecule has 0 amide bonds. The van der Waals surface area contributed by atoms with Crippen molar-refractivity contribution in [3.05, 3.63) is 46.8 Å². The fraction of sp³-hybridized carbons (Fsp3) is 0.333. The molecule has 2 aromatic rings. The van der Waals surface area contributed by atoms with Crippen LogP contribution in [-0.2, 0) is 6.54 Å². The van der Waals surface area contributed by atoms with E-state index in [9.17, 15) is 0 Å². The van der Waals surface area contributed by atoms with Crippen LogP contribution in [0.3, 0.4) is 0 Å². The lowest BCUT2D eigenvalue weighted by Crippen LogP contribution is -2.19. The molecule has 0 aliphatic rings. The first kappa shape index (κ1) is 14.9. The Kier molecular flexibility index (Phi) is 5.49. The largest absolute Gasteiger partial charge is 0.437 e. The number of aromatic nitrogens is 2. The highest BCUT2D eigenvalue weighted by Crippen LogP contribution is 2.21. The first-order chi connectivity index (χ1) is 9.63. The minimum absolute atomic E-state index is 0.578. The van der Waals surface area contributed by atoms with E-state index in [4.69, 9.17) is 4.74 Å². The lowest BCUT2D eigenvalue weighted by molar-refractivity contribution is 0.456. The van der Waals surface area contributed by atoms with Crippen LogP contribution in [0.4, 0.5) is 0 Å². The molecule has 0 saturated carbocycles. The van der Waals surface area contributed by atoms with Gasteiger partial charge in [-0.05, 0) is 40.5 Å². The predicted molar refractivity (Wildman–Crippen MR) is 82.8 cm³/mol. The second-order valence-corrected chi connectivity index (χ2v) is 5.85. The van der Waals surface area contributed by atoms with Gasteiger partial charge >= 0.3 is 0 Å². The molecule has 0 radical (unpaired) electrons. The molecule has 2 aromatic heterocycles. The first-order valence-corrected chi connectivity index (χ1v) is 7.38. The van der Waals surface area contributed by atoms with Gasteiger partial charge in [-0.15, -0.1) is 0 Å². The zero-order chi connectivity index (χ0) is 14.4. The SMILES string of the molecule is CC(C)CNCc1cccc(Oc2cncc(Br)c2)n1. The molecule has 0 fully saturated rings. The first-order valence-electron chi connectivity index (χ1n) is 6.58. The number of nitrogens with zero attached hydrogens (tertiary/aromatic N) is 2. The van der Waals surface area contributed by atoms with Crippen molar-refractivity contribution in [2.75, 3.05) is 6.54 Å². The summed E-state index contributed by atoms with van der Waals surface area (Å²) in [5.74, 6) is 1.87. The number of hydrogen-bond donors (Lipinski definition) is 1. The van der Waals surface area contributed by atoms with Gasteiger partial charge in [0.15, 0.2) is 0 Å². The molecule has 0 aliphatic carbocycles. The Bertz CT molecular complexity index is 560. The van der Waals surface area contributed by atoms with Crippen LogP contribution in [0.1, 0.15) is 19.5 Å². The topological polar surface area (TPSA) is 47.0 Å². The number of rotatable bonds is 6. The van der Waals surface area contributed by atoms with E-state index >= 15 is 0 Å². The van der Waals surface area contributed by atoms with E-state index in [2.05, 4.69) is 45.1 Å². The van der Waals surface area contributed by atoms with E-state index in [1.807, 2.05) is 24.3 Å². The summed E-state index contributed by atoms with van der Waals surface area (Å²) in [5, 5.41) is 3.36. The molecule has 5 heteroatoms. The molecule has 0 unspecified atom stereocenters. The van der Waals surface area contributed by atoms with Gasteiger partial charge in [0.1, 0.15) is 5.75 Å². The molecule has 106 valence electrons. The van der Waals surface area contributed by atoms with E-state index in [1.54, 1.807) is 12.4 Å². The number of halogens is 1. The summed E-state index contributed by atoms with van der Waals surface area (Å²) in [4.78, 5) is 8.53. The van der Waals surface area contributed by atoms with Gasteiger partial charge in [0.25, 0.3) is 0 Å². The van der Waals surface area contributed by atoms with Gasteiger partial charge in [-0.25, -0.2) is 4.98 Å². The maximum atomic E-state index is 5.70. The summed E-state index contributed by atoms with van der Waals surface area (Å²) in [6, 6.07) is 7.63. The lowest BCUT2D eigenvalue weighted by Gasteiger charge is -2.09. The van der Waals surface area contributed by atoms with E-state index in [0.29, 0.717) is 17.5 Å². The number of pyridine rings is 2. The van der Waals surface area contributed by atoms with Crippen LogP contribution in [0.2, 0.25) is 0 Å². The van der Waals surface area contributed by atoms with Crippen molar-refractivity contribution in [1.82, 2.24) is 15.3 Å². The highest BCUT2D eigenvalue weighted by Gasteiger charge is 2.02. The monoisotopic (exact) mass is 335 g/mol. The molecule has 0 aliphatic heterocycles. The van der Waals surface area contributed by atoms with Crippen molar-refractivity contribution < 1.29 is 4.74 Å². The quantitative estimate of drug-likeness (QED) is 0.872. The third-order valence-corrected chi connectivity index (χ3v) is 2.98. The van der Waals surface area contributed by atoms with Crippen LogP contribution in [-0.4, -0.2) is 16.5 Å². The normalized spacial score (nSPS) is 10.8. The van der Waals surface area contributed by atoms with Gasteiger partial charge in [0.2, 0.25) is 5.88 Å². The summed E-state index contributed by atoms with van der Waals surface area (Å²) in [6.45, 7) is 6.08. The smallest absolute Gasteiger partial charge is 0.219 e. The van der Waals surface area contributed by atoms with Crippen LogP contribution >= 0.6 is 15.9 Å². The van der Waals surface area contributed by atoms with E-state index in [0.717, 1.165) is 23.3 Å².